The van der Waals surface area contributed by atoms with Crippen molar-refractivity contribution < 1.29 is 9.05 Å². The van der Waals surface area contributed by atoms with Crippen LogP contribution in [0.5, 0.6) is 0 Å². The Kier molecular flexibility index (Phi) is 5.22. The van der Waals surface area contributed by atoms with Gasteiger partial charge in [-0.3, -0.25) is 4.67 Å². The highest BCUT2D eigenvalue weighted by molar-refractivity contribution is 8.11. The first-order valence-corrected chi connectivity index (χ1v) is 8.08. The van der Waals surface area contributed by atoms with E-state index in [1.165, 1.54) is 5.49 Å². The van der Waals surface area contributed by atoms with Crippen molar-refractivity contribution in [3.63, 3.8) is 0 Å². The summed E-state index contributed by atoms with van der Waals surface area (Å²) in [5, 5.41) is 0. The van der Waals surface area contributed by atoms with Crippen molar-refractivity contribution >= 4 is 41.8 Å². The van der Waals surface area contributed by atoms with Crippen molar-refractivity contribution in [1.82, 2.24) is 0 Å². The molecule has 1 aromatic rings. The maximum atomic E-state index is 5.40. The fourth-order valence-electron chi connectivity index (χ4n) is 1.46. The molecule has 1 rings (SSSR count). The Labute approximate surface area is 113 Å². The van der Waals surface area contributed by atoms with E-state index < -0.39 is 6.64 Å². The van der Waals surface area contributed by atoms with E-state index in [0.29, 0.717) is 0 Å². The lowest BCUT2D eigenvalue weighted by atomic mass is 10.1. The molecule has 0 atom stereocenters. The minimum Gasteiger partial charge on any atom is -0.317 e. The summed E-state index contributed by atoms with van der Waals surface area (Å²) in [5.41, 5.74) is 4.66. The summed E-state index contributed by atoms with van der Waals surface area (Å²) >= 11 is 10.4. The molecule has 17 heavy (non-hydrogen) atoms. The lowest BCUT2D eigenvalue weighted by Gasteiger charge is -2.30. The van der Waals surface area contributed by atoms with Gasteiger partial charge in [0.15, 0.2) is 0 Å². The minimum absolute atomic E-state index is 0.937. The molecule has 0 aliphatic rings. The quantitative estimate of drug-likeness (QED) is 0.608. The predicted octanol–water partition coefficient (Wildman–Crippen LogP) is 3.58. The maximum absolute atomic E-state index is 5.40. The van der Waals surface area contributed by atoms with E-state index >= 15 is 0 Å². The first kappa shape index (κ1) is 14.7. The third kappa shape index (κ3) is 3.12. The van der Waals surface area contributed by atoms with Crippen molar-refractivity contribution in [2.24, 2.45) is 0 Å². The molecule has 0 spiro atoms. The molecule has 0 aliphatic heterocycles. The number of rotatable bonds is 5. The fraction of sp³-hybridized carbons (Fsp3) is 0.364. The topological polar surface area (TPSA) is 21.7 Å². The summed E-state index contributed by atoms with van der Waals surface area (Å²) < 4.78 is 12.4. The highest BCUT2D eigenvalue weighted by Gasteiger charge is 2.26. The van der Waals surface area contributed by atoms with Gasteiger partial charge in [-0.05, 0) is 42.8 Å². The van der Waals surface area contributed by atoms with E-state index in [2.05, 4.69) is 0 Å². The first-order chi connectivity index (χ1) is 7.98. The highest BCUT2D eigenvalue weighted by Crippen LogP contribution is 2.53. The van der Waals surface area contributed by atoms with Crippen LogP contribution in [-0.4, -0.2) is 19.7 Å². The summed E-state index contributed by atoms with van der Waals surface area (Å²) in [6.07, 6.45) is 0. The van der Waals surface area contributed by atoms with Gasteiger partial charge in [-0.1, -0.05) is 24.4 Å². The van der Waals surface area contributed by atoms with Crippen LogP contribution in [0.25, 0.3) is 0 Å². The van der Waals surface area contributed by atoms with Crippen LogP contribution in [0, 0.1) is 13.8 Å². The molecule has 0 radical (unpaired) electrons. The van der Waals surface area contributed by atoms with Gasteiger partial charge < -0.3 is 9.05 Å². The molecule has 1 aromatic carbocycles. The second-order valence-electron chi connectivity index (χ2n) is 3.57. The Morgan fingerprint density at radius 3 is 2.29 bits per heavy atom. The monoisotopic (exact) mass is 289 g/mol. The Morgan fingerprint density at radius 2 is 1.82 bits per heavy atom. The molecule has 0 saturated heterocycles. The molecule has 6 heteroatoms. The molecule has 0 aliphatic carbocycles. The molecule has 0 amide bonds. The molecule has 0 saturated carbocycles. The van der Waals surface area contributed by atoms with Crippen LogP contribution in [-0.2, 0) is 20.9 Å². The van der Waals surface area contributed by atoms with Gasteiger partial charge in [-0.2, -0.15) is 0 Å². The van der Waals surface area contributed by atoms with Gasteiger partial charge in [0.1, 0.15) is 0 Å². The Morgan fingerprint density at radius 1 is 1.24 bits per heavy atom. The molecule has 0 fully saturated rings. The summed E-state index contributed by atoms with van der Waals surface area (Å²) in [4.78, 5) is 0. The molecule has 0 aromatic heterocycles. The van der Waals surface area contributed by atoms with Crippen LogP contribution in [0.2, 0.25) is 0 Å². The van der Waals surface area contributed by atoms with Crippen LogP contribution in [0.1, 0.15) is 11.1 Å². The molecule has 0 bridgehead atoms. The average molecular weight is 289 g/mol. The van der Waals surface area contributed by atoms with E-state index in [1.54, 1.807) is 18.9 Å². The fourth-order valence-corrected chi connectivity index (χ4v) is 3.63. The van der Waals surface area contributed by atoms with Crippen LogP contribution in [0.4, 0.5) is 5.69 Å². The molecule has 0 N–H and O–H groups in total. The lowest BCUT2D eigenvalue weighted by Crippen LogP contribution is -2.19. The smallest absolute Gasteiger partial charge is 0.294 e. The summed E-state index contributed by atoms with van der Waals surface area (Å²) in [7, 11) is 3.09. The van der Waals surface area contributed by atoms with E-state index in [4.69, 9.17) is 33.1 Å². The summed E-state index contributed by atoms with van der Waals surface area (Å²) in [6.45, 7) is 1.47. The molecule has 3 nitrogen and oxygen atoms in total. The summed E-state index contributed by atoms with van der Waals surface area (Å²) in [6, 6.07) is 6.10. The normalized spacial score (nSPS) is 11.3. The van der Waals surface area contributed by atoms with Gasteiger partial charge >= 0.3 is 0 Å². The maximum Gasteiger partial charge on any atom is 0.294 e. The number of hydrogen-bond acceptors (Lipinski definition) is 4. The van der Waals surface area contributed by atoms with Crippen LogP contribution >= 0.6 is 18.9 Å². The molecule has 0 unspecified atom stereocenters. The first-order valence-electron chi connectivity index (χ1n) is 5.02. The number of thiocarbonyl (C=S) groups is 1. The van der Waals surface area contributed by atoms with Crippen molar-refractivity contribution in [3.8, 4) is 0 Å². The zero-order valence-electron chi connectivity index (χ0n) is 10.3. The number of nitrogens with zero attached hydrogens (tertiary/aromatic N) is 1. The van der Waals surface area contributed by atoms with Gasteiger partial charge in [-0.15, -0.1) is 0 Å². The minimum atomic E-state index is -2.55. The van der Waals surface area contributed by atoms with Gasteiger partial charge in [0.25, 0.3) is 6.64 Å². The van der Waals surface area contributed by atoms with Crippen LogP contribution < -0.4 is 4.67 Å². The zero-order valence-corrected chi connectivity index (χ0v) is 12.9. The van der Waals surface area contributed by atoms with Gasteiger partial charge in [0.05, 0.1) is 11.2 Å². The van der Waals surface area contributed by atoms with Crippen molar-refractivity contribution in [2.75, 3.05) is 18.9 Å². The Bertz CT molecular complexity index is 457. The molecule has 94 valence electrons. The number of benzene rings is 1. The SMILES string of the molecule is COP(=S)(OC)N(C=S)c1cc(C)ccc1C. The van der Waals surface area contributed by atoms with Crippen molar-refractivity contribution in [2.45, 2.75) is 13.8 Å². The number of aryl methyl sites for hydroxylation is 2. The molecule has 0 heterocycles. The molecular formula is C11H16NO2PS2. The van der Waals surface area contributed by atoms with E-state index in [9.17, 15) is 0 Å². The largest absolute Gasteiger partial charge is 0.317 e. The standard InChI is InChI=1S/C11H16NO2PS2/c1-9-5-6-10(2)11(7-9)12(8-16)15(17,13-3)14-4/h5-8H,1-4H3. The van der Waals surface area contributed by atoms with Gasteiger partial charge in [0, 0.05) is 14.2 Å². The van der Waals surface area contributed by atoms with Crippen LogP contribution in [0.3, 0.4) is 0 Å². The second kappa shape index (κ2) is 6.03. The van der Waals surface area contributed by atoms with Gasteiger partial charge in [0.2, 0.25) is 0 Å². The lowest BCUT2D eigenvalue weighted by molar-refractivity contribution is 0.338. The third-order valence-electron chi connectivity index (χ3n) is 2.44. The number of anilines is 1. The molecular weight excluding hydrogens is 273 g/mol. The van der Waals surface area contributed by atoms with E-state index in [1.807, 2.05) is 32.0 Å². The zero-order chi connectivity index (χ0) is 13.1. The second-order valence-corrected chi connectivity index (χ2v) is 7.27. The van der Waals surface area contributed by atoms with E-state index in [-0.39, 0.29) is 0 Å². The number of hydrogen-bond donors (Lipinski definition) is 0. The summed E-state index contributed by atoms with van der Waals surface area (Å²) in [5.74, 6) is 0. The van der Waals surface area contributed by atoms with Crippen molar-refractivity contribution in [3.05, 3.63) is 29.3 Å². The average Bonchev–Trinajstić information content (AvgIpc) is 2.34. The Balaban J connectivity index is 3.31. The van der Waals surface area contributed by atoms with Gasteiger partial charge in [-0.25, -0.2) is 0 Å². The van der Waals surface area contributed by atoms with Crippen LogP contribution in [0.15, 0.2) is 18.2 Å². The third-order valence-corrected chi connectivity index (χ3v) is 6.01. The predicted molar refractivity (Wildman–Crippen MR) is 80.4 cm³/mol. The highest BCUT2D eigenvalue weighted by atomic mass is 32.5. The Hall–Kier alpha value is -0.320. The van der Waals surface area contributed by atoms with Crippen molar-refractivity contribution in [1.29, 1.82) is 0 Å². The van der Waals surface area contributed by atoms with E-state index in [0.717, 1.165) is 16.8 Å².